The predicted octanol–water partition coefficient (Wildman–Crippen LogP) is 4.07. The Morgan fingerprint density at radius 3 is 2.39 bits per heavy atom. The number of anilines is 1. The maximum Gasteiger partial charge on any atom is 0.263 e. The van der Waals surface area contributed by atoms with Gasteiger partial charge in [-0.15, -0.1) is 0 Å². The van der Waals surface area contributed by atoms with Gasteiger partial charge >= 0.3 is 0 Å². The van der Waals surface area contributed by atoms with Crippen LogP contribution in [0.15, 0.2) is 51.7 Å². The zero-order valence-corrected chi connectivity index (χ0v) is 22.6. The van der Waals surface area contributed by atoms with Crippen molar-refractivity contribution < 1.29 is 9.59 Å². The lowest BCUT2D eigenvalue weighted by Gasteiger charge is -2.35. The van der Waals surface area contributed by atoms with Crippen molar-refractivity contribution in [1.82, 2.24) is 19.8 Å². The predicted molar refractivity (Wildman–Crippen MR) is 144 cm³/mol. The third kappa shape index (κ3) is 4.93. The number of rotatable bonds is 5. The summed E-state index contributed by atoms with van der Waals surface area (Å²) in [5.41, 5.74) is 3.78. The van der Waals surface area contributed by atoms with Crippen molar-refractivity contribution >= 4 is 33.7 Å². The maximum absolute atomic E-state index is 13.8. The number of nitrogens with zero attached hydrogens (tertiary/aromatic N) is 3. The molecular weight excluding hydrogens is 522 g/mol. The first-order chi connectivity index (χ1) is 17.1. The first-order valence-corrected chi connectivity index (χ1v) is 12.7. The quantitative estimate of drug-likeness (QED) is 0.498. The first-order valence-electron chi connectivity index (χ1n) is 11.9. The van der Waals surface area contributed by atoms with E-state index in [0.717, 1.165) is 10.0 Å². The Morgan fingerprint density at radius 1 is 1.11 bits per heavy atom. The Hall–Kier alpha value is -3.46. The van der Waals surface area contributed by atoms with Gasteiger partial charge < -0.3 is 15.5 Å². The molecule has 2 heterocycles. The summed E-state index contributed by atoms with van der Waals surface area (Å²) in [6, 6.07) is 12.3. The van der Waals surface area contributed by atoms with Crippen LogP contribution in [0.25, 0.3) is 5.69 Å². The minimum atomic E-state index is -0.197. The fourth-order valence-electron chi connectivity index (χ4n) is 4.32. The van der Waals surface area contributed by atoms with Crippen LogP contribution in [0.1, 0.15) is 58.3 Å². The Balaban J connectivity index is 1.75. The van der Waals surface area contributed by atoms with Crippen molar-refractivity contribution in [2.45, 2.75) is 52.7 Å². The van der Waals surface area contributed by atoms with Gasteiger partial charge in [-0.3, -0.25) is 14.4 Å². The molecule has 0 spiro atoms. The van der Waals surface area contributed by atoms with Crippen molar-refractivity contribution in [3.05, 3.63) is 85.2 Å². The molecular formula is C27H30BrN5O3. The zero-order valence-electron chi connectivity index (χ0n) is 21.1. The highest BCUT2D eigenvalue weighted by Crippen LogP contribution is 2.26. The number of aromatic nitrogens is 2. The molecule has 4 rings (SSSR count). The standard InChI is InChI=1S/C27H30BrN5O3/c1-15(2)30-27-31-23-14-32(25(35)19-7-6-16(3)22(28)13-19)17(4)12-21(23)26(36)33(27)20-10-8-18(9-11-20)24(34)29-5/h6-11,13,15,17H,12,14H2,1-5H3,(H,29,34)(H,30,31)/t17-/m1/s1. The second kappa shape index (κ2) is 10.3. The number of carbonyl (C=O) groups excluding carboxylic acids is 2. The molecule has 2 N–H and O–H groups in total. The van der Waals surface area contributed by atoms with Gasteiger partial charge in [0.15, 0.2) is 0 Å². The van der Waals surface area contributed by atoms with E-state index in [4.69, 9.17) is 4.98 Å². The van der Waals surface area contributed by atoms with E-state index in [1.165, 1.54) is 0 Å². The van der Waals surface area contributed by atoms with E-state index in [1.807, 2.05) is 45.9 Å². The number of benzene rings is 2. The van der Waals surface area contributed by atoms with Gasteiger partial charge in [-0.1, -0.05) is 22.0 Å². The summed E-state index contributed by atoms with van der Waals surface area (Å²) in [6.07, 6.45) is 0.401. The highest BCUT2D eigenvalue weighted by Gasteiger charge is 2.32. The molecule has 0 bridgehead atoms. The fourth-order valence-corrected chi connectivity index (χ4v) is 4.70. The summed E-state index contributed by atoms with van der Waals surface area (Å²) in [4.78, 5) is 45.7. The normalized spacial score (nSPS) is 15.0. The smallest absolute Gasteiger partial charge is 0.263 e. The minimum absolute atomic E-state index is 0.0245. The molecule has 9 heteroatoms. The summed E-state index contributed by atoms with van der Waals surface area (Å²) in [7, 11) is 1.58. The molecule has 1 aliphatic heterocycles. The van der Waals surface area contributed by atoms with Gasteiger partial charge in [-0.2, -0.15) is 0 Å². The molecule has 0 saturated carbocycles. The second-order valence-corrected chi connectivity index (χ2v) is 10.2. The third-order valence-electron chi connectivity index (χ3n) is 6.33. The molecule has 2 amide bonds. The molecule has 8 nitrogen and oxygen atoms in total. The molecule has 0 unspecified atom stereocenters. The Morgan fingerprint density at radius 2 is 1.78 bits per heavy atom. The van der Waals surface area contributed by atoms with Crippen LogP contribution in [0, 0.1) is 6.92 Å². The number of aryl methyl sites for hydroxylation is 1. The summed E-state index contributed by atoms with van der Waals surface area (Å²) in [6.45, 7) is 8.11. The second-order valence-electron chi connectivity index (χ2n) is 9.38. The highest BCUT2D eigenvalue weighted by atomic mass is 79.9. The van der Waals surface area contributed by atoms with Gasteiger partial charge in [-0.05, 0) is 76.1 Å². The molecule has 1 aliphatic rings. The van der Waals surface area contributed by atoms with Crippen molar-refractivity contribution in [3.8, 4) is 5.69 Å². The molecule has 36 heavy (non-hydrogen) atoms. The van der Waals surface area contributed by atoms with E-state index < -0.39 is 0 Å². The van der Waals surface area contributed by atoms with E-state index in [9.17, 15) is 14.4 Å². The van der Waals surface area contributed by atoms with Gasteiger partial charge in [0.25, 0.3) is 17.4 Å². The number of fused-ring (bicyclic) bond motifs is 1. The molecule has 0 fully saturated rings. The Kier molecular flexibility index (Phi) is 7.31. The Bertz CT molecular complexity index is 1380. The molecule has 0 aliphatic carbocycles. The number of hydrogen-bond donors (Lipinski definition) is 2. The van der Waals surface area contributed by atoms with Crippen molar-refractivity contribution in [1.29, 1.82) is 0 Å². The maximum atomic E-state index is 13.8. The van der Waals surface area contributed by atoms with E-state index in [-0.39, 0.29) is 36.0 Å². The average Bonchev–Trinajstić information content (AvgIpc) is 2.85. The number of carbonyl (C=O) groups is 2. The van der Waals surface area contributed by atoms with Crippen LogP contribution in [0.5, 0.6) is 0 Å². The van der Waals surface area contributed by atoms with Crippen molar-refractivity contribution in [3.63, 3.8) is 0 Å². The van der Waals surface area contributed by atoms with Gasteiger partial charge in [0, 0.05) is 40.3 Å². The molecule has 0 saturated heterocycles. The van der Waals surface area contributed by atoms with Crippen LogP contribution in [0.3, 0.4) is 0 Å². The molecule has 1 atom stereocenters. The van der Waals surface area contributed by atoms with Crippen molar-refractivity contribution in [2.24, 2.45) is 0 Å². The lowest BCUT2D eigenvalue weighted by Crippen LogP contribution is -2.46. The van der Waals surface area contributed by atoms with Crippen LogP contribution in [0.4, 0.5) is 5.95 Å². The SMILES string of the molecule is CNC(=O)c1ccc(-n2c(NC(C)C)nc3c(c2=O)C[C@@H](C)N(C(=O)c2ccc(C)c(Br)c2)C3)cc1. The van der Waals surface area contributed by atoms with Gasteiger partial charge in [-0.25, -0.2) is 9.55 Å². The topological polar surface area (TPSA) is 96.3 Å². The number of nitrogens with one attached hydrogen (secondary N) is 2. The molecule has 0 radical (unpaired) electrons. The van der Waals surface area contributed by atoms with E-state index in [1.54, 1.807) is 40.8 Å². The van der Waals surface area contributed by atoms with Crippen LogP contribution in [-0.4, -0.2) is 45.4 Å². The summed E-state index contributed by atoms with van der Waals surface area (Å²) in [5, 5.41) is 5.87. The third-order valence-corrected chi connectivity index (χ3v) is 7.18. The van der Waals surface area contributed by atoms with E-state index in [2.05, 4.69) is 26.6 Å². The summed E-state index contributed by atoms with van der Waals surface area (Å²) in [5.74, 6) is 0.113. The van der Waals surface area contributed by atoms with Crippen LogP contribution in [0.2, 0.25) is 0 Å². The van der Waals surface area contributed by atoms with Gasteiger partial charge in [0.2, 0.25) is 5.95 Å². The summed E-state index contributed by atoms with van der Waals surface area (Å²) >= 11 is 3.51. The first kappa shape index (κ1) is 25.6. The lowest BCUT2D eigenvalue weighted by atomic mass is 9.98. The number of amides is 2. The molecule has 1 aromatic heterocycles. The number of hydrogen-bond acceptors (Lipinski definition) is 5. The van der Waals surface area contributed by atoms with Crippen LogP contribution < -0.4 is 16.2 Å². The summed E-state index contributed by atoms with van der Waals surface area (Å²) < 4.78 is 2.43. The van der Waals surface area contributed by atoms with Crippen LogP contribution in [-0.2, 0) is 13.0 Å². The average molecular weight is 552 g/mol. The van der Waals surface area contributed by atoms with Crippen molar-refractivity contribution in [2.75, 3.05) is 12.4 Å². The van der Waals surface area contributed by atoms with Gasteiger partial charge in [0.05, 0.1) is 17.9 Å². The fraction of sp³-hybridized carbons (Fsp3) is 0.333. The van der Waals surface area contributed by atoms with Crippen LogP contribution >= 0.6 is 15.9 Å². The molecule has 3 aromatic rings. The highest BCUT2D eigenvalue weighted by molar-refractivity contribution is 9.10. The van der Waals surface area contributed by atoms with E-state index in [0.29, 0.717) is 40.4 Å². The van der Waals surface area contributed by atoms with E-state index >= 15 is 0 Å². The molecule has 188 valence electrons. The van der Waals surface area contributed by atoms with Gasteiger partial charge in [0.1, 0.15) is 0 Å². The monoisotopic (exact) mass is 551 g/mol. The minimum Gasteiger partial charge on any atom is -0.355 e. The zero-order chi connectivity index (χ0) is 26.1. The largest absolute Gasteiger partial charge is 0.355 e. The lowest BCUT2D eigenvalue weighted by molar-refractivity contribution is 0.0653. The number of halogens is 1. The Labute approximate surface area is 218 Å². The molecule has 2 aromatic carbocycles.